The van der Waals surface area contributed by atoms with Crippen LogP contribution in [-0.2, 0) is 9.53 Å². The van der Waals surface area contributed by atoms with Crippen molar-refractivity contribution in [3.05, 3.63) is 29.8 Å². The Bertz CT molecular complexity index is 515. The van der Waals surface area contributed by atoms with Gasteiger partial charge in [0, 0.05) is 19.4 Å². The second-order valence-corrected chi connectivity index (χ2v) is 4.81. The fraction of sp³-hybridized carbons (Fsp3) is 0.462. The number of nitrogens with one attached hydrogen (secondary N) is 1. The summed E-state index contributed by atoms with van der Waals surface area (Å²) < 4.78 is 18.3. The lowest BCUT2D eigenvalue weighted by atomic mass is 9.86. The van der Waals surface area contributed by atoms with Crippen molar-refractivity contribution in [2.24, 2.45) is 0 Å². The third-order valence-corrected chi connectivity index (χ3v) is 3.29. The predicted molar refractivity (Wildman–Crippen MR) is 66.7 cm³/mol. The Morgan fingerprint density at radius 2 is 2.10 bits per heavy atom. The van der Waals surface area contributed by atoms with Gasteiger partial charge in [-0.25, -0.2) is 4.39 Å². The topological polar surface area (TPSA) is 88.5 Å². The third kappa shape index (κ3) is 3.51. The molecular weight excluding hydrogens is 267 g/mol. The molecule has 0 aliphatic carbocycles. The molecule has 0 bridgehead atoms. The van der Waals surface area contributed by atoms with Gasteiger partial charge >= 0.3 is 5.97 Å². The molecule has 0 saturated carbocycles. The lowest BCUT2D eigenvalue weighted by Gasteiger charge is -2.36. The molecule has 2 rings (SSSR count). The Kier molecular flexibility index (Phi) is 4.29. The maximum atomic E-state index is 13.1. The second-order valence-electron chi connectivity index (χ2n) is 4.81. The van der Waals surface area contributed by atoms with Crippen LogP contribution in [0.25, 0.3) is 0 Å². The van der Waals surface area contributed by atoms with E-state index in [0.717, 1.165) is 12.3 Å². The van der Waals surface area contributed by atoms with Crippen LogP contribution >= 0.6 is 0 Å². The van der Waals surface area contributed by atoms with Crippen molar-refractivity contribution in [2.45, 2.75) is 24.8 Å². The number of hydrogen-bond donors (Lipinski definition) is 2. The van der Waals surface area contributed by atoms with E-state index in [9.17, 15) is 14.0 Å². The molecule has 20 heavy (non-hydrogen) atoms. The molecule has 1 aromatic heterocycles. The monoisotopic (exact) mass is 282 g/mol. The van der Waals surface area contributed by atoms with E-state index in [1.165, 1.54) is 6.20 Å². The largest absolute Gasteiger partial charge is 0.481 e. The average Bonchev–Trinajstić information content (AvgIpc) is 2.38. The summed E-state index contributed by atoms with van der Waals surface area (Å²) in [5, 5.41) is 11.7. The van der Waals surface area contributed by atoms with Crippen molar-refractivity contribution >= 4 is 11.9 Å². The molecule has 1 saturated heterocycles. The average molecular weight is 282 g/mol. The minimum atomic E-state index is -0.996. The maximum Gasteiger partial charge on any atom is 0.305 e. The summed E-state index contributed by atoms with van der Waals surface area (Å²) in [5.41, 5.74) is -0.783. The number of hydrogen-bond acceptors (Lipinski definition) is 4. The smallest absolute Gasteiger partial charge is 0.305 e. The van der Waals surface area contributed by atoms with Crippen LogP contribution < -0.4 is 5.32 Å². The van der Waals surface area contributed by atoms with E-state index in [1.54, 1.807) is 0 Å². The fourth-order valence-electron chi connectivity index (χ4n) is 2.25. The van der Waals surface area contributed by atoms with Crippen LogP contribution in [-0.4, -0.2) is 40.7 Å². The Balaban J connectivity index is 2.15. The highest BCUT2D eigenvalue weighted by Gasteiger charge is 2.36. The van der Waals surface area contributed by atoms with Gasteiger partial charge in [0.15, 0.2) is 0 Å². The number of carbonyl (C=O) groups is 2. The van der Waals surface area contributed by atoms with Gasteiger partial charge in [0.2, 0.25) is 0 Å². The van der Waals surface area contributed by atoms with Crippen LogP contribution in [0.4, 0.5) is 4.39 Å². The first-order valence-electron chi connectivity index (χ1n) is 6.23. The Morgan fingerprint density at radius 1 is 1.40 bits per heavy atom. The molecule has 1 fully saturated rings. The van der Waals surface area contributed by atoms with Crippen molar-refractivity contribution in [2.75, 3.05) is 13.2 Å². The van der Waals surface area contributed by atoms with Crippen LogP contribution in [0.2, 0.25) is 0 Å². The number of halogens is 1. The highest BCUT2D eigenvalue weighted by atomic mass is 19.1. The molecule has 108 valence electrons. The third-order valence-electron chi connectivity index (χ3n) is 3.29. The molecular formula is C13H15FN2O4. The molecule has 7 heteroatoms. The van der Waals surface area contributed by atoms with Gasteiger partial charge in [-0.2, -0.15) is 0 Å². The SMILES string of the molecule is O=C(O)CC1(NC(=O)c2cncc(F)c2)CCOCC1. The van der Waals surface area contributed by atoms with Gasteiger partial charge in [-0.05, 0) is 18.9 Å². The number of ether oxygens (including phenoxy) is 1. The Morgan fingerprint density at radius 3 is 2.70 bits per heavy atom. The van der Waals surface area contributed by atoms with E-state index in [-0.39, 0.29) is 12.0 Å². The molecule has 6 nitrogen and oxygen atoms in total. The molecule has 2 heterocycles. The van der Waals surface area contributed by atoms with Crippen molar-refractivity contribution in [1.82, 2.24) is 10.3 Å². The van der Waals surface area contributed by atoms with Gasteiger partial charge in [0.1, 0.15) is 5.82 Å². The van der Waals surface area contributed by atoms with Crippen LogP contribution in [0, 0.1) is 5.82 Å². The van der Waals surface area contributed by atoms with Crippen LogP contribution in [0.1, 0.15) is 29.6 Å². The first kappa shape index (κ1) is 14.4. The first-order chi connectivity index (χ1) is 9.51. The van der Waals surface area contributed by atoms with E-state index in [2.05, 4.69) is 10.3 Å². The summed E-state index contributed by atoms with van der Waals surface area (Å²) in [5.74, 6) is -2.14. The minimum absolute atomic E-state index is 0.0706. The van der Waals surface area contributed by atoms with Crippen molar-refractivity contribution in [1.29, 1.82) is 0 Å². The summed E-state index contributed by atoms with van der Waals surface area (Å²) in [6.07, 6.45) is 2.87. The quantitative estimate of drug-likeness (QED) is 0.859. The van der Waals surface area contributed by atoms with Crippen LogP contribution in [0.15, 0.2) is 18.5 Å². The summed E-state index contributed by atoms with van der Waals surface area (Å²) >= 11 is 0. The van der Waals surface area contributed by atoms with Gasteiger partial charge in [0.25, 0.3) is 5.91 Å². The summed E-state index contributed by atoms with van der Waals surface area (Å²) in [6, 6.07) is 1.07. The predicted octanol–water partition coefficient (Wildman–Crippen LogP) is 0.974. The number of pyridine rings is 1. The number of aromatic nitrogens is 1. The van der Waals surface area contributed by atoms with Gasteiger partial charge in [-0.1, -0.05) is 0 Å². The van der Waals surface area contributed by atoms with Crippen LogP contribution in [0.3, 0.4) is 0 Å². The molecule has 0 spiro atoms. The maximum absolute atomic E-state index is 13.1. The van der Waals surface area contributed by atoms with Gasteiger partial charge in [-0.15, -0.1) is 0 Å². The number of nitrogens with zero attached hydrogens (tertiary/aromatic N) is 1. The fourth-order valence-corrected chi connectivity index (χ4v) is 2.25. The van der Waals surface area contributed by atoms with Crippen molar-refractivity contribution in [3.8, 4) is 0 Å². The van der Waals surface area contributed by atoms with E-state index in [4.69, 9.17) is 9.84 Å². The highest BCUT2D eigenvalue weighted by molar-refractivity contribution is 5.94. The Labute approximate surface area is 115 Å². The number of carboxylic acid groups (broad SMARTS) is 1. The van der Waals surface area contributed by atoms with Gasteiger partial charge in [-0.3, -0.25) is 14.6 Å². The van der Waals surface area contributed by atoms with Gasteiger partial charge in [0.05, 0.1) is 23.7 Å². The van der Waals surface area contributed by atoms with Crippen molar-refractivity contribution < 1.29 is 23.8 Å². The summed E-state index contributed by atoms with van der Waals surface area (Å²) in [4.78, 5) is 26.7. The lowest BCUT2D eigenvalue weighted by Crippen LogP contribution is -2.53. The molecule has 1 aliphatic heterocycles. The van der Waals surface area contributed by atoms with E-state index in [0.29, 0.717) is 26.1 Å². The van der Waals surface area contributed by atoms with Crippen LogP contribution in [0.5, 0.6) is 0 Å². The van der Waals surface area contributed by atoms with Gasteiger partial charge < -0.3 is 15.2 Å². The molecule has 1 aromatic rings. The minimum Gasteiger partial charge on any atom is -0.481 e. The molecule has 0 unspecified atom stereocenters. The summed E-state index contributed by atoms with van der Waals surface area (Å²) in [6.45, 7) is 0.768. The zero-order valence-corrected chi connectivity index (χ0v) is 10.8. The molecule has 1 aliphatic rings. The molecule has 2 N–H and O–H groups in total. The van der Waals surface area contributed by atoms with E-state index in [1.807, 2.05) is 0 Å². The zero-order valence-electron chi connectivity index (χ0n) is 10.8. The normalized spacial score (nSPS) is 17.4. The highest BCUT2D eigenvalue weighted by Crippen LogP contribution is 2.25. The molecule has 1 amide bonds. The first-order valence-corrected chi connectivity index (χ1v) is 6.23. The second kappa shape index (κ2) is 5.96. The molecule has 0 radical (unpaired) electrons. The molecule has 0 atom stereocenters. The van der Waals surface area contributed by atoms with Crippen molar-refractivity contribution in [3.63, 3.8) is 0 Å². The number of aliphatic carboxylic acids is 1. The molecule has 0 aromatic carbocycles. The lowest BCUT2D eigenvalue weighted by molar-refractivity contribution is -0.139. The Hall–Kier alpha value is -2.02. The van der Waals surface area contributed by atoms with E-state index < -0.39 is 23.2 Å². The number of amides is 1. The standard InChI is InChI=1S/C13H15FN2O4/c14-10-5-9(7-15-8-10)12(19)16-13(6-11(17)18)1-3-20-4-2-13/h5,7-8H,1-4,6H2,(H,16,19)(H,17,18). The number of rotatable bonds is 4. The number of carbonyl (C=O) groups excluding carboxylic acids is 1. The van der Waals surface area contributed by atoms with E-state index >= 15 is 0 Å². The number of carboxylic acids is 1. The zero-order chi connectivity index (χ0) is 14.6. The summed E-state index contributed by atoms with van der Waals surface area (Å²) in [7, 11) is 0.